The zero-order valence-electron chi connectivity index (χ0n) is 11.0. The summed E-state index contributed by atoms with van der Waals surface area (Å²) >= 11 is 0. The molecule has 1 N–H and O–H groups in total. The van der Waals surface area contributed by atoms with Crippen LogP contribution in [0.3, 0.4) is 0 Å². The summed E-state index contributed by atoms with van der Waals surface area (Å²) in [5.74, 6) is 0.307. The monoisotopic (exact) mass is 293 g/mol. The van der Waals surface area contributed by atoms with Crippen molar-refractivity contribution in [1.29, 1.82) is 0 Å². The predicted molar refractivity (Wildman–Crippen MR) is 70.5 cm³/mol. The van der Waals surface area contributed by atoms with Gasteiger partial charge in [0.1, 0.15) is 0 Å². The SMILES string of the molecule is CCCNC(C)CS(=O)c1cccc(C(F)(F)F)c1. The van der Waals surface area contributed by atoms with E-state index < -0.39 is 22.5 Å². The van der Waals surface area contributed by atoms with Crippen molar-refractivity contribution in [2.75, 3.05) is 12.3 Å². The first-order chi connectivity index (χ1) is 8.84. The molecule has 2 unspecified atom stereocenters. The summed E-state index contributed by atoms with van der Waals surface area (Å²) in [6.45, 7) is 4.70. The van der Waals surface area contributed by atoms with E-state index >= 15 is 0 Å². The molecule has 0 heterocycles. The minimum Gasteiger partial charge on any atom is -0.313 e. The molecule has 6 heteroatoms. The first kappa shape index (κ1) is 16.2. The normalized spacial score (nSPS) is 15.2. The van der Waals surface area contributed by atoms with Crippen LogP contribution >= 0.6 is 0 Å². The van der Waals surface area contributed by atoms with Gasteiger partial charge in [-0.2, -0.15) is 13.2 Å². The van der Waals surface area contributed by atoms with Crippen molar-refractivity contribution in [2.24, 2.45) is 0 Å². The lowest BCUT2D eigenvalue weighted by Gasteiger charge is -2.13. The van der Waals surface area contributed by atoms with E-state index in [4.69, 9.17) is 0 Å². The second-order valence-corrected chi connectivity index (χ2v) is 5.89. The maximum atomic E-state index is 12.5. The topological polar surface area (TPSA) is 29.1 Å². The van der Waals surface area contributed by atoms with E-state index in [1.54, 1.807) is 0 Å². The first-order valence-electron chi connectivity index (χ1n) is 6.13. The molecule has 0 radical (unpaired) electrons. The fraction of sp³-hybridized carbons (Fsp3) is 0.538. The third-order valence-corrected chi connectivity index (χ3v) is 4.15. The van der Waals surface area contributed by atoms with Gasteiger partial charge in [-0.1, -0.05) is 13.0 Å². The van der Waals surface area contributed by atoms with E-state index in [0.717, 1.165) is 25.1 Å². The van der Waals surface area contributed by atoms with Crippen molar-refractivity contribution in [3.05, 3.63) is 29.8 Å². The molecule has 1 aromatic carbocycles. The molecule has 0 aliphatic heterocycles. The van der Waals surface area contributed by atoms with Crippen LogP contribution in [-0.4, -0.2) is 22.5 Å². The fourth-order valence-electron chi connectivity index (χ4n) is 1.59. The van der Waals surface area contributed by atoms with Gasteiger partial charge in [0.15, 0.2) is 0 Å². The highest BCUT2D eigenvalue weighted by atomic mass is 32.2. The smallest absolute Gasteiger partial charge is 0.313 e. The van der Waals surface area contributed by atoms with Crippen LogP contribution in [0.2, 0.25) is 0 Å². The van der Waals surface area contributed by atoms with Gasteiger partial charge in [0, 0.05) is 16.7 Å². The molecule has 0 aliphatic carbocycles. The minimum absolute atomic E-state index is 0.00956. The zero-order valence-corrected chi connectivity index (χ0v) is 11.8. The molecular formula is C13H18F3NOS. The molecule has 1 aromatic rings. The summed E-state index contributed by atoms with van der Waals surface area (Å²) in [6, 6.07) is 4.72. The Morgan fingerprint density at radius 3 is 2.63 bits per heavy atom. The van der Waals surface area contributed by atoms with Crippen LogP contribution in [0.4, 0.5) is 13.2 Å². The standard InChI is InChI=1S/C13H18F3NOS/c1-3-7-17-10(2)9-19(18)12-6-4-5-11(8-12)13(14,15)16/h4-6,8,10,17H,3,7,9H2,1-2H3. The Labute approximate surface area is 113 Å². The van der Waals surface area contributed by atoms with Gasteiger partial charge in [0.2, 0.25) is 0 Å². The summed E-state index contributed by atoms with van der Waals surface area (Å²) < 4.78 is 49.6. The van der Waals surface area contributed by atoms with E-state index in [1.807, 2.05) is 13.8 Å². The van der Waals surface area contributed by atoms with Crippen LogP contribution in [0, 0.1) is 0 Å². The molecule has 0 aromatic heterocycles. The predicted octanol–water partition coefficient (Wildman–Crippen LogP) is 3.20. The molecule has 0 aliphatic rings. The van der Waals surface area contributed by atoms with Crippen LogP contribution < -0.4 is 5.32 Å². The maximum absolute atomic E-state index is 12.5. The van der Waals surface area contributed by atoms with E-state index in [2.05, 4.69) is 5.32 Å². The summed E-state index contributed by atoms with van der Waals surface area (Å²) in [6.07, 6.45) is -3.44. The van der Waals surface area contributed by atoms with Gasteiger partial charge < -0.3 is 5.32 Å². The maximum Gasteiger partial charge on any atom is 0.416 e. The molecular weight excluding hydrogens is 275 g/mol. The lowest BCUT2D eigenvalue weighted by molar-refractivity contribution is -0.137. The Kier molecular flexibility index (Phi) is 6.00. The van der Waals surface area contributed by atoms with Gasteiger partial charge >= 0.3 is 6.18 Å². The number of nitrogens with one attached hydrogen (secondary N) is 1. The van der Waals surface area contributed by atoms with Crippen LogP contribution in [0.1, 0.15) is 25.8 Å². The quantitative estimate of drug-likeness (QED) is 0.872. The van der Waals surface area contributed by atoms with Crippen LogP contribution in [-0.2, 0) is 17.0 Å². The minimum atomic E-state index is -4.40. The molecule has 0 fully saturated rings. The molecule has 108 valence electrons. The number of alkyl halides is 3. The highest BCUT2D eigenvalue weighted by Gasteiger charge is 2.30. The number of rotatable bonds is 6. The van der Waals surface area contributed by atoms with Crippen LogP contribution in [0.15, 0.2) is 29.2 Å². The second-order valence-electron chi connectivity index (χ2n) is 4.39. The van der Waals surface area contributed by atoms with Crippen molar-refractivity contribution in [3.8, 4) is 0 Å². The number of hydrogen-bond donors (Lipinski definition) is 1. The highest BCUT2D eigenvalue weighted by molar-refractivity contribution is 7.85. The summed E-state index contributed by atoms with van der Waals surface area (Å²) in [7, 11) is -1.42. The third kappa shape index (κ3) is 5.32. The Balaban J connectivity index is 2.72. The molecule has 2 nitrogen and oxygen atoms in total. The lowest BCUT2D eigenvalue weighted by atomic mass is 10.2. The largest absolute Gasteiger partial charge is 0.416 e. The highest BCUT2D eigenvalue weighted by Crippen LogP contribution is 2.30. The summed E-state index contributed by atoms with van der Waals surface area (Å²) in [5.41, 5.74) is -0.757. The lowest BCUT2D eigenvalue weighted by Crippen LogP contribution is -2.31. The van der Waals surface area contributed by atoms with Crippen molar-refractivity contribution in [2.45, 2.75) is 37.4 Å². The average molecular weight is 293 g/mol. The Hall–Kier alpha value is -0.880. The van der Waals surface area contributed by atoms with E-state index in [0.29, 0.717) is 5.75 Å². The summed E-state index contributed by atoms with van der Waals surface area (Å²) in [4.78, 5) is 0.222. The van der Waals surface area contributed by atoms with Gasteiger partial charge in [0.25, 0.3) is 0 Å². The molecule has 0 spiro atoms. The molecule has 0 saturated heterocycles. The van der Waals surface area contributed by atoms with Crippen LogP contribution in [0.5, 0.6) is 0 Å². The average Bonchev–Trinajstić information content (AvgIpc) is 2.35. The number of hydrogen-bond acceptors (Lipinski definition) is 2. The van der Waals surface area contributed by atoms with E-state index in [9.17, 15) is 17.4 Å². The molecule has 2 atom stereocenters. The second kappa shape index (κ2) is 7.05. The van der Waals surface area contributed by atoms with Gasteiger partial charge in [0.05, 0.1) is 16.4 Å². The molecule has 0 amide bonds. The Morgan fingerprint density at radius 1 is 1.37 bits per heavy atom. The van der Waals surface area contributed by atoms with Gasteiger partial charge in [-0.05, 0) is 38.1 Å². The Bertz CT molecular complexity index is 434. The Morgan fingerprint density at radius 2 is 2.05 bits per heavy atom. The third-order valence-electron chi connectivity index (χ3n) is 2.57. The van der Waals surface area contributed by atoms with E-state index in [-0.39, 0.29) is 10.9 Å². The zero-order chi connectivity index (χ0) is 14.5. The number of halogens is 3. The van der Waals surface area contributed by atoms with Crippen LogP contribution in [0.25, 0.3) is 0 Å². The van der Waals surface area contributed by atoms with Crippen molar-refractivity contribution < 1.29 is 17.4 Å². The van der Waals surface area contributed by atoms with Gasteiger partial charge in [-0.15, -0.1) is 0 Å². The van der Waals surface area contributed by atoms with E-state index in [1.165, 1.54) is 12.1 Å². The van der Waals surface area contributed by atoms with Crippen molar-refractivity contribution in [3.63, 3.8) is 0 Å². The molecule has 19 heavy (non-hydrogen) atoms. The van der Waals surface area contributed by atoms with Crippen molar-refractivity contribution in [1.82, 2.24) is 5.32 Å². The first-order valence-corrected chi connectivity index (χ1v) is 7.45. The molecule has 1 rings (SSSR count). The molecule has 0 saturated carbocycles. The molecule has 0 bridgehead atoms. The van der Waals surface area contributed by atoms with Gasteiger partial charge in [-0.3, -0.25) is 4.21 Å². The number of benzene rings is 1. The summed E-state index contributed by atoms with van der Waals surface area (Å²) in [5, 5.41) is 3.16. The van der Waals surface area contributed by atoms with Crippen molar-refractivity contribution >= 4 is 10.8 Å². The fourth-order valence-corrected chi connectivity index (χ4v) is 2.84. The van der Waals surface area contributed by atoms with Gasteiger partial charge in [-0.25, -0.2) is 0 Å².